The molecule has 17 heavy (non-hydrogen) atoms. The Bertz CT molecular complexity index is 487. The third-order valence-electron chi connectivity index (χ3n) is 3.11. The molecule has 1 aliphatic heterocycles. The second-order valence-corrected chi connectivity index (χ2v) is 4.13. The maximum absolute atomic E-state index is 11.7. The minimum Gasteiger partial charge on any atom is -0.332 e. The summed E-state index contributed by atoms with van der Waals surface area (Å²) in [5.41, 5.74) is 1.68. The van der Waals surface area contributed by atoms with Gasteiger partial charge in [0, 0.05) is 6.54 Å². The van der Waals surface area contributed by atoms with Crippen molar-refractivity contribution in [1.82, 2.24) is 4.90 Å². The van der Waals surface area contributed by atoms with Crippen LogP contribution < -0.4 is 0 Å². The molecule has 1 aromatic carbocycles. The summed E-state index contributed by atoms with van der Waals surface area (Å²) in [5.74, 6) is -0.0325. The van der Waals surface area contributed by atoms with Crippen LogP contribution in [-0.4, -0.2) is 17.4 Å². The molecule has 1 atom stereocenters. The quantitative estimate of drug-likeness (QED) is 0.727. The predicted molar refractivity (Wildman–Crippen MR) is 65.0 cm³/mol. The second kappa shape index (κ2) is 4.84. The van der Waals surface area contributed by atoms with Crippen molar-refractivity contribution >= 4 is 5.91 Å². The zero-order valence-electron chi connectivity index (χ0n) is 9.60. The molecule has 1 aliphatic rings. The fraction of sp³-hybridized carbons (Fsp3) is 0.286. The molecule has 0 radical (unpaired) electrons. The average Bonchev–Trinajstić information content (AvgIpc) is 2.87. The van der Waals surface area contributed by atoms with Crippen LogP contribution in [-0.2, 0) is 4.79 Å². The van der Waals surface area contributed by atoms with Crippen molar-refractivity contribution in [1.29, 1.82) is 5.26 Å². The first-order chi connectivity index (χ1) is 8.26. The summed E-state index contributed by atoms with van der Waals surface area (Å²) < 4.78 is 0. The Kier molecular flexibility index (Phi) is 3.24. The van der Waals surface area contributed by atoms with Gasteiger partial charge < -0.3 is 4.90 Å². The third-order valence-corrected chi connectivity index (χ3v) is 3.11. The van der Waals surface area contributed by atoms with E-state index in [0.717, 1.165) is 24.9 Å². The van der Waals surface area contributed by atoms with Crippen molar-refractivity contribution < 1.29 is 4.79 Å². The lowest BCUT2D eigenvalue weighted by Crippen LogP contribution is -2.28. The number of benzene rings is 1. The van der Waals surface area contributed by atoms with E-state index >= 15 is 0 Å². The Morgan fingerprint density at radius 3 is 3.12 bits per heavy atom. The lowest BCUT2D eigenvalue weighted by Gasteiger charge is -2.23. The van der Waals surface area contributed by atoms with Crippen molar-refractivity contribution in [2.45, 2.75) is 18.9 Å². The number of rotatable bonds is 2. The maximum atomic E-state index is 11.7. The smallest absolute Gasteiger partial charge is 0.246 e. The number of hydrogen-bond donors (Lipinski definition) is 0. The lowest BCUT2D eigenvalue weighted by molar-refractivity contribution is -0.126. The van der Waals surface area contributed by atoms with Gasteiger partial charge in [-0.2, -0.15) is 5.26 Å². The van der Waals surface area contributed by atoms with E-state index in [9.17, 15) is 4.79 Å². The average molecular weight is 226 g/mol. The topological polar surface area (TPSA) is 44.1 Å². The molecule has 1 amide bonds. The van der Waals surface area contributed by atoms with Crippen LogP contribution >= 0.6 is 0 Å². The summed E-state index contributed by atoms with van der Waals surface area (Å²) in [6, 6.07) is 9.69. The van der Waals surface area contributed by atoms with Crippen molar-refractivity contribution in [2.75, 3.05) is 6.54 Å². The van der Waals surface area contributed by atoms with Gasteiger partial charge in [-0.1, -0.05) is 18.7 Å². The van der Waals surface area contributed by atoms with Crippen LogP contribution in [0.2, 0.25) is 0 Å². The first kappa shape index (κ1) is 11.4. The van der Waals surface area contributed by atoms with E-state index in [4.69, 9.17) is 5.26 Å². The van der Waals surface area contributed by atoms with E-state index in [1.807, 2.05) is 23.1 Å². The molecule has 86 valence electrons. The largest absolute Gasteiger partial charge is 0.332 e. The monoisotopic (exact) mass is 226 g/mol. The number of hydrogen-bond acceptors (Lipinski definition) is 2. The molecular formula is C14H14N2O. The minimum absolute atomic E-state index is 0.0325. The highest BCUT2D eigenvalue weighted by molar-refractivity contribution is 5.87. The van der Waals surface area contributed by atoms with Crippen LogP contribution in [0.3, 0.4) is 0 Å². The molecule has 3 nitrogen and oxygen atoms in total. The summed E-state index contributed by atoms with van der Waals surface area (Å²) in [7, 11) is 0. The lowest BCUT2D eigenvalue weighted by atomic mass is 10.0. The van der Waals surface area contributed by atoms with Crippen molar-refractivity contribution in [3.05, 3.63) is 48.0 Å². The van der Waals surface area contributed by atoms with E-state index < -0.39 is 0 Å². The van der Waals surface area contributed by atoms with Gasteiger partial charge in [-0.3, -0.25) is 4.79 Å². The van der Waals surface area contributed by atoms with Gasteiger partial charge in [-0.25, -0.2) is 0 Å². The number of likely N-dealkylation sites (tertiary alicyclic amines) is 1. The second-order valence-electron chi connectivity index (χ2n) is 4.13. The van der Waals surface area contributed by atoms with Gasteiger partial charge in [-0.15, -0.1) is 0 Å². The molecule has 0 aliphatic carbocycles. The van der Waals surface area contributed by atoms with E-state index in [1.165, 1.54) is 6.08 Å². The van der Waals surface area contributed by atoms with Gasteiger partial charge in [0.15, 0.2) is 0 Å². The highest BCUT2D eigenvalue weighted by atomic mass is 16.2. The summed E-state index contributed by atoms with van der Waals surface area (Å²) in [5, 5.41) is 8.88. The Morgan fingerprint density at radius 2 is 2.41 bits per heavy atom. The molecule has 3 heteroatoms. The van der Waals surface area contributed by atoms with E-state index in [0.29, 0.717) is 5.56 Å². The molecular weight excluding hydrogens is 212 g/mol. The fourth-order valence-electron chi connectivity index (χ4n) is 2.31. The Hall–Kier alpha value is -2.08. The summed E-state index contributed by atoms with van der Waals surface area (Å²) in [6.07, 6.45) is 3.31. The summed E-state index contributed by atoms with van der Waals surface area (Å²) >= 11 is 0. The van der Waals surface area contributed by atoms with Crippen LogP contribution in [0.25, 0.3) is 0 Å². The number of nitriles is 1. The number of amides is 1. The van der Waals surface area contributed by atoms with Crippen LogP contribution in [0.15, 0.2) is 36.9 Å². The Morgan fingerprint density at radius 1 is 1.59 bits per heavy atom. The van der Waals surface area contributed by atoms with Crippen LogP contribution in [0.1, 0.15) is 30.0 Å². The van der Waals surface area contributed by atoms with Crippen molar-refractivity contribution in [3.8, 4) is 6.07 Å². The molecule has 0 aromatic heterocycles. The van der Waals surface area contributed by atoms with Gasteiger partial charge >= 0.3 is 0 Å². The van der Waals surface area contributed by atoms with Gasteiger partial charge in [0.2, 0.25) is 5.91 Å². The van der Waals surface area contributed by atoms with Crippen molar-refractivity contribution in [3.63, 3.8) is 0 Å². The van der Waals surface area contributed by atoms with Gasteiger partial charge in [0.05, 0.1) is 17.7 Å². The first-order valence-corrected chi connectivity index (χ1v) is 5.69. The van der Waals surface area contributed by atoms with Gasteiger partial charge in [0.25, 0.3) is 0 Å². The van der Waals surface area contributed by atoms with Crippen LogP contribution in [0.4, 0.5) is 0 Å². The Labute approximate surface area is 101 Å². The maximum Gasteiger partial charge on any atom is 0.246 e. The number of carbonyl (C=O) groups excluding carboxylic acids is 1. The molecule has 1 aromatic rings. The van der Waals surface area contributed by atoms with E-state index in [2.05, 4.69) is 12.6 Å². The summed E-state index contributed by atoms with van der Waals surface area (Å²) in [4.78, 5) is 13.5. The normalized spacial score (nSPS) is 18.8. The van der Waals surface area contributed by atoms with Crippen molar-refractivity contribution in [2.24, 2.45) is 0 Å². The van der Waals surface area contributed by atoms with Gasteiger partial charge in [-0.05, 0) is 36.6 Å². The molecule has 0 saturated carbocycles. The molecule has 0 bridgehead atoms. The molecule has 1 fully saturated rings. The Balaban J connectivity index is 2.29. The predicted octanol–water partition coefficient (Wildman–Crippen LogP) is 2.41. The molecule has 0 N–H and O–H groups in total. The SMILES string of the molecule is C=CC(=O)N1CCCC1c1cccc(C#N)c1. The minimum atomic E-state index is -0.0325. The highest BCUT2D eigenvalue weighted by Crippen LogP contribution is 2.32. The summed E-state index contributed by atoms with van der Waals surface area (Å²) in [6.45, 7) is 4.29. The van der Waals surface area contributed by atoms with Crippen LogP contribution in [0.5, 0.6) is 0 Å². The number of carbonyl (C=O) groups is 1. The molecule has 2 rings (SSSR count). The zero-order chi connectivity index (χ0) is 12.3. The van der Waals surface area contributed by atoms with E-state index in [1.54, 1.807) is 6.07 Å². The molecule has 1 unspecified atom stereocenters. The molecule has 0 spiro atoms. The molecule has 1 heterocycles. The number of nitrogens with zero attached hydrogens (tertiary/aromatic N) is 2. The molecule has 1 saturated heterocycles. The van der Waals surface area contributed by atoms with Crippen LogP contribution in [0, 0.1) is 11.3 Å². The third kappa shape index (κ3) is 2.21. The highest BCUT2D eigenvalue weighted by Gasteiger charge is 2.28. The van der Waals surface area contributed by atoms with Gasteiger partial charge in [0.1, 0.15) is 0 Å². The zero-order valence-corrected chi connectivity index (χ0v) is 9.60. The first-order valence-electron chi connectivity index (χ1n) is 5.69. The fourth-order valence-corrected chi connectivity index (χ4v) is 2.31. The van der Waals surface area contributed by atoms with E-state index in [-0.39, 0.29) is 11.9 Å². The standard InChI is InChI=1S/C14H14N2O/c1-2-14(17)16-8-4-7-13(16)12-6-3-5-11(9-12)10-15/h2-3,5-6,9,13H,1,4,7-8H2.